The molecule has 0 amide bonds. The summed E-state index contributed by atoms with van der Waals surface area (Å²) in [6.45, 7) is 0.362. The van der Waals surface area contributed by atoms with E-state index in [-0.39, 0.29) is 5.38 Å². The van der Waals surface area contributed by atoms with Crippen molar-refractivity contribution in [2.45, 2.75) is 36.7 Å². The normalized spacial score (nSPS) is 39.0. The topological polar surface area (TPSA) is 29.5 Å². The number of methoxy groups -OCH3 is 1. The van der Waals surface area contributed by atoms with Crippen molar-refractivity contribution in [1.29, 1.82) is 0 Å². The summed E-state index contributed by atoms with van der Waals surface area (Å²) in [5.41, 5.74) is -0.769. The van der Waals surface area contributed by atoms with Crippen molar-refractivity contribution in [2.75, 3.05) is 13.7 Å². The van der Waals surface area contributed by atoms with Crippen molar-refractivity contribution in [3.05, 3.63) is 0 Å². The van der Waals surface area contributed by atoms with Gasteiger partial charge in [0.05, 0.1) is 12.0 Å². The van der Waals surface area contributed by atoms with Gasteiger partial charge in [-0.05, 0) is 12.8 Å². The fourth-order valence-electron chi connectivity index (χ4n) is 1.59. The third-order valence-corrected chi connectivity index (χ3v) is 2.92. The Balaban J connectivity index is 2.49. The molecule has 2 nitrogen and oxygen atoms in total. The molecule has 1 saturated carbocycles. The molecule has 0 aromatic heterocycles. The Morgan fingerprint density at radius 3 is 2.91 bits per heavy atom. The van der Waals surface area contributed by atoms with Crippen LogP contribution in [0.4, 0.5) is 0 Å². The van der Waals surface area contributed by atoms with Gasteiger partial charge in [-0.3, -0.25) is 0 Å². The van der Waals surface area contributed by atoms with Gasteiger partial charge in [0.15, 0.2) is 0 Å². The van der Waals surface area contributed by atoms with E-state index in [4.69, 9.17) is 16.3 Å². The third kappa shape index (κ3) is 2.08. The van der Waals surface area contributed by atoms with E-state index in [9.17, 15) is 5.11 Å². The minimum absolute atomic E-state index is 0.129. The van der Waals surface area contributed by atoms with E-state index in [1.807, 2.05) is 0 Å². The van der Waals surface area contributed by atoms with Crippen LogP contribution in [-0.4, -0.2) is 29.8 Å². The number of aliphatic hydroxyl groups is 1. The predicted octanol–water partition coefficient (Wildman–Crippen LogP) is 1.55. The Labute approximate surface area is 72.5 Å². The molecule has 3 heteroatoms. The van der Waals surface area contributed by atoms with Crippen molar-refractivity contribution in [3.8, 4) is 0 Å². The fraction of sp³-hybridized carbons (Fsp3) is 1.00. The van der Waals surface area contributed by atoms with Crippen LogP contribution in [0.1, 0.15) is 25.7 Å². The molecule has 0 spiro atoms. The average molecular weight is 179 g/mol. The van der Waals surface area contributed by atoms with Crippen LogP contribution < -0.4 is 0 Å². The van der Waals surface area contributed by atoms with E-state index < -0.39 is 5.60 Å². The lowest BCUT2D eigenvalue weighted by Crippen LogP contribution is -2.45. The Kier molecular flexibility index (Phi) is 3.16. The van der Waals surface area contributed by atoms with Gasteiger partial charge in [-0.2, -0.15) is 0 Å². The third-order valence-electron chi connectivity index (χ3n) is 2.29. The molecule has 11 heavy (non-hydrogen) atoms. The van der Waals surface area contributed by atoms with Crippen LogP contribution in [0.25, 0.3) is 0 Å². The van der Waals surface area contributed by atoms with E-state index in [0.29, 0.717) is 6.61 Å². The van der Waals surface area contributed by atoms with Crippen LogP contribution in [-0.2, 0) is 4.74 Å². The van der Waals surface area contributed by atoms with Gasteiger partial charge < -0.3 is 9.84 Å². The Bertz CT molecular complexity index is 125. The number of rotatable bonds is 2. The summed E-state index contributed by atoms with van der Waals surface area (Å²) in [5, 5.41) is 9.75. The first-order valence-electron chi connectivity index (χ1n) is 4.04. The molecule has 2 atom stereocenters. The molecule has 1 N–H and O–H groups in total. The fourth-order valence-corrected chi connectivity index (χ4v) is 1.92. The molecule has 1 fully saturated rings. The van der Waals surface area contributed by atoms with Crippen molar-refractivity contribution < 1.29 is 9.84 Å². The first kappa shape index (κ1) is 9.30. The SMILES string of the molecule is COCC1(O)CCCCC1Cl. The second-order valence-electron chi connectivity index (χ2n) is 3.25. The maximum atomic E-state index is 9.88. The summed E-state index contributed by atoms with van der Waals surface area (Å²) in [6, 6.07) is 0. The number of halogens is 1. The van der Waals surface area contributed by atoms with Crippen LogP contribution in [0.15, 0.2) is 0 Å². The summed E-state index contributed by atoms with van der Waals surface area (Å²) in [7, 11) is 1.59. The van der Waals surface area contributed by atoms with Gasteiger partial charge in [0, 0.05) is 7.11 Å². The molecule has 1 rings (SSSR count). The van der Waals surface area contributed by atoms with Gasteiger partial charge >= 0.3 is 0 Å². The van der Waals surface area contributed by atoms with Gasteiger partial charge in [0.1, 0.15) is 5.60 Å². The molecular weight excluding hydrogens is 164 g/mol. The zero-order valence-electron chi connectivity index (χ0n) is 6.85. The summed E-state index contributed by atoms with van der Waals surface area (Å²) in [6.07, 6.45) is 3.86. The highest BCUT2D eigenvalue weighted by molar-refractivity contribution is 6.21. The molecular formula is C8H15ClO2. The molecule has 0 aliphatic heterocycles. The molecule has 0 aromatic rings. The maximum Gasteiger partial charge on any atom is 0.104 e. The van der Waals surface area contributed by atoms with Crippen LogP contribution in [0.5, 0.6) is 0 Å². The van der Waals surface area contributed by atoms with Crippen molar-refractivity contribution in [3.63, 3.8) is 0 Å². The lowest BCUT2D eigenvalue weighted by molar-refractivity contribution is -0.0522. The lowest BCUT2D eigenvalue weighted by Gasteiger charge is -2.35. The molecule has 0 bridgehead atoms. The highest BCUT2D eigenvalue weighted by Gasteiger charge is 2.37. The lowest BCUT2D eigenvalue weighted by atomic mass is 9.85. The van der Waals surface area contributed by atoms with E-state index >= 15 is 0 Å². The van der Waals surface area contributed by atoms with E-state index in [1.165, 1.54) is 0 Å². The second-order valence-corrected chi connectivity index (χ2v) is 3.78. The molecule has 0 aromatic carbocycles. The Morgan fingerprint density at radius 1 is 1.64 bits per heavy atom. The summed E-state index contributed by atoms with van der Waals surface area (Å²) >= 11 is 5.97. The number of hydrogen-bond donors (Lipinski definition) is 1. The predicted molar refractivity (Wildman–Crippen MR) is 44.9 cm³/mol. The molecule has 1 aliphatic carbocycles. The molecule has 0 radical (unpaired) electrons. The second kappa shape index (κ2) is 3.74. The quantitative estimate of drug-likeness (QED) is 0.651. The maximum absolute atomic E-state index is 9.88. The van der Waals surface area contributed by atoms with E-state index in [0.717, 1.165) is 25.7 Å². The van der Waals surface area contributed by atoms with Gasteiger partial charge in [-0.25, -0.2) is 0 Å². The van der Waals surface area contributed by atoms with Crippen molar-refractivity contribution in [1.82, 2.24) is 0 Å². The highest BCUT2D eigenvalue weighted by atomic mass is 35.5. The van der Waals surface area contributed by atoms with Crippen LogP contribution in [0.2, 0.25) is 0 Å². The molecule has 66 valence electrons. The number of ether oxygens (including phenoxy) is 1. The first-order chi connectivity index (χ1) is 5.19. The van der Waals surface area contributed by atoms with Gasteiger partial charge in [-0.1, -0.05) is 12.8 Å². The van der Waals surface area contributed by atoms with Crippen LogP contribution >= 0.6 is 11.6 Å². The van der Waals surface area contributed by atoms with Gasteiger partial charge in [-0.15, -0.1) is 11.6 Å². The molecule has 0 saturated heterocycles. The molecule has 0 heterocycles. The Morgan fingerprint density at radius 2 is 2.36 bits per heavy atom. The van der Waals surface area contributed by atoms with Crippen LogP contribution in [0, 0.1) is 0 Å². The standard InChI is InChI=1S/C8H15ClO2/c1-11-6-8(10)5-3-2-4-7(8)9/h7,10H,2-6H2,1H3. The van der Waals surface area contributed by atoms with Crippen molar-refractivity contribution in [2.24, 2.45) is 0 Å². The summed E-state index contributed by atoms with van der Waals surface area (Å²) < 4.78 is 4.92. The van der Waals surface area contributed by atoms with Gasteiger partial charge in [0.2, 0.25) is 0 Å². The van der Waals surface area contributed by atoms with Crippen molar-refractivity contribution >= 4 is 11.6 Å². The summed E-state index contributed by atoms with van der Waals surface area (Å²) in [4.78, 5) is 0. The van der Waals surface area contributed by atoms with E-state index in [2.05, 4.69) is 0 Å². The molecule has 1 aliphatic rings. The highest BCUT2D eigenvalue weighted by Crippen LogP contribution is 2.32. The zero-order valence-corrected chi connectivity index (χ0v) is 7.60. The zero-order chi connectivity index (χ0) is 8.32. The largest absolute Gasteiger partial charge is 0.386 e. The Hall–Kier alpha value is 0.210. The minimum atomic E-state index is -0.769. The monoisotopic (exact) mass is 178 g/mol. The molecule has 2 unspecified atom stereocenters. The number of alkyl halides is 1. The smallest absolute Gasteiger partial charge is 0.104 e. The first-order valence-corrected chi connectivity index (χ1v) is 4.48. The number of hydrogen-bond acceptors (Lipinski definition) is 2. The van der Waals surface area contributed by atoms with Crippen LogP contribution in [0.3, 0.4) is 0 Å². The summed E-state index contributed by atoms with van der Waals surface area (Å²) in [5.74, 6) is 0. The average Bonchev–Trinajstić information content (AvgIpc) is 1.96. The minimum Gasteiger partial charge on any atom is -0.386 e. The van der Waals surface area contributed by atoms with E-state index in [1.54, 1.807) is 7.11 Å². The van der Waals surface area contributed by atoms with Gasteiger partial charge in [0.25, 0.3) is 0 Å².